The predicted molar refractivity (Wildman–Crippen MR) is 73.1 cm³/mol. The maximum Gasteiger partial charge on any atom is 0.260 e. The molecule has 1 aromatic rings. The number of carbonyl (C=O) groups excluding carboxylic acids is 2. The smallest absolute Gasteiger partial charge is 0.260 e. The van der Waals surface area contributed by atoms with Gasteiger partial charge in [0.25, 0.3) is 5.91 Å². The molecule has 0 spiro atoms. The van der Waals surface area contributed by atoms with E-state index in [0.29, 0.717) is 25.9 Å². The van der Waals surface area contributed by atoms with Crippen LogP contribution >= 0.6 is 0 Å². The minimum absolute atomic E-state index is 0.116. The molecule has 114 valence electrons. The molecule has 0 bridgehead atoms. The van der Waals surface area contributed by atoms with Crippen LogP contribution in [-0.2, 0) is 16.1 Å². The van der Waals surface area contributed by atoms with Crippen LogP contribution in [0, 0.1) is 0 Å². The molecule has 1 N–H and O–H groups in total. The van der Waals surface area contributed by atoms with Gasteiger partial charge in [-0.3, -0.25) is 14.3 Å². The Morgan fingerprint density at radius 2 is 2.29 bits per heavy atom. The zero-order valence-electron chi connectivity index (χ0n) is 12.0. The van der Waals surface area contributed by atoms with E-state index < -0.39 is 11.6 Å². The van der Waals surface area contributed by atoms with Crippen molar-refractivity contribution in [2.75, 3.05) is 13.6 Å². The molecule has 0 saturated heterocycles. The van der Waals surface area contributed by atoms with Crippen molar-refractivity contribution in [1.29, 1.82) is 0 Å². The largest absolute Gasteiger partial charge is 0.359 e. The van der Waals surface area contributed by atoms with Crippen LogP contribution in [0.25, 0.3) is 0 Å². The van der Waals surface area contributed by atoms with Crippen LogP contribution in [-0.4, -0.2) is 45.8 Å². The van der Waals surface area contributed by atoms with Crippen molar-refractivity contribution in [2.24, 2.45) is 0 Å². The summed E-state index contributed by atoms with van der Waals surface area (Å²) in [6, 6.07) is 1.57. The number of carbonyl (C=O) groups is 2. The predicted octanol–water partition coefficient (Wildman–Crippen LogP) is 0.795. The number of nitrogens with zero attached hydrogens (tertiary/aromatic N) is 3. The molecule has 21 heavy (non-hydrogen) atoms. The van der Waals surface area contributed by atoms with E-state index in [1.807, 2.05) is 6.07 Å². The number of alkyl halides is 1. The molecule has 1 aliphatic heterocycles. The summed E-state index contributed by atoms with van der Waals surface area (Å²) in [5.41, 5.74) is -0.855. The normalized spacial score (nSPS) is 23.1. The number of halogens is 1. The molecule has 1 saturated carbocycles. The second kappa shape index (κ2) is 5.13. The van der Waals surface area contributed by atoms with Crippen LogP contribution in [0.15, 0.2) is 12.3 Å². The summed E-state index contributed by atoms with van der Waals surface area (Å²) < 4.78 is 16.1. The lowest BCUT2D eigenvalue weighted by Gasteiger charge is -2.40. The van der Waals surface area contributed by atoms with Crippen molar-refractivity contribution in [3.63, 3.8) is 0 Å². The Morgan fingerprint density at radius 3 is 2.90 bits per heavy atom. The highest BCUT2D eigenvalue weighted by Crippen LogP contribution is 2.38. The Hall–Kier alpha value is -1.92. The molecule has 1 aliphatic carbocycles. The van der Waals surface area contributed by atoms with Gasteiger partial charge in [-0.2, -0.15) is 5.10 Å². The van der Waals surface area contributed by atoms with Crippen LogP contribution in [0.2, 0.25) is 0 Å². The van der Waals surface area contributed by atoms with Crippen LogP contribution in [0.3, 0.4) is 0 Å². The van der Waals surface area contributed by atoms with Gasteiger partial charge in [0.15, 0.2) is 5.67 Å². The van der Waals surface area contributed by atoms with Gasteiger partial charge in [0, 0.05) is 19.8 Å². The third-order valence-corrected chi connectivity index (χ3v) is 4.40. The summed E-state index contributed by atoms with van der Waals surface area (Å²) in [7, 11) is 1.57. The molecule has 2 amide bonds. The maximum absolute atomic E-state index is 14.3. The van der Waals surface area contributed by atoms with Crippen molar-refractivity contribution in [3.05, 3.63) is 18.0 Å². The highest BCUT2D eigenvalue weighted by atomic mass is 19.1. The third-order valence-electron chi connectivity index (χ3n) is 4.40. The quantitative estimate of drug-likeness (QED) is 0.896. The van der Waals surface area contributed by atoms with Gasteiger partial charge in [0.1, 0.15) is 0 Å². The Bertz CT molecular complexity index is 567. The van der Waals surface area contributed by atoms with Gasteiger partial charge < -0.3 is 10.2 Å². The minimum atomic E-state index is -1.69. The van der Waals surface area contributed by atoms with E-state index in [9.17, 15) is 14.0 Å². The molecule has 2 heterocycles. The molecule has 0 unspecified atom stereocenters. The zero-order valence-corrected chi connectivity index (χ0v) is 12.0. The number of hydrogen-bond acceptors (Lipinski definition) is 3. The topological polar surface area (TPSA) is 67.2 Å². The van der Waals surface area contributed by atoms with E-state index in [0.717, 1.165) is 12.1 Å². The first kappa shape index (κ1) is 14.0. The van der Waals surface area contributed by atoms with Gasteiger partial charge >= 0.3 is 0 Å². The van der Waals surface area contributed by atoms with Crippen molar-refractivity contribution < 1.29 is 14.0 Å². The van der Waals surface area contributed by atoms with Crippen LogP contribution in [0.1, 0.15) is 37.4 Å². The first-order valence-corrected chi connectivity index (χ1v) is 7.25. The molecule has 0 radical (unpaired) electrons. The van der Waals surface area contributed by atoms with Gasteiger partial charge in [-0.15, -0.1) is 0 Å². The monoisotopic (exact) mass is 294 g/mol. The van der Waals surface area contributed by atoms with E-state index in [4.69, 9.17) is 0 Å². The standard InChI is InChI=1S/C14H19FN4O2/c1-16-12(20)7-11-9-18(8-10-3-6-17-19(10)11)13(21)14(15)4-2-5-14/h3,6,11H,2,4-5,7-9H2,1H3,(H,16,20)/t11-/m0/s1. The van der Waals surface area contributed by atoms with E-state index in [-0.39, 0.29) is 18.4 Å². The minimum Gasteiger partial charge on any atom is -0.359 e. The molecular formula is C14H19FN4O2. The summed E-state index contributed by atoms with van der Waals surface area (Å²) in [5.74, 6) is -0.558. The highest BCUT2D eigenvalue weighted by Gasteiger charge is 2.48. The molecule has 6 nitrogen and oxygen atoms in total. The first-order valence-electron chi connectivity index (χ1n) is 7.25. The van der Waals surface area contributed by atoms with E-state index in [1.165, 1.54) is 4.90 Å². The molecule has 1 atom stereocenters. The molecule has 2 aliphatic rings. The average Bonchev–Trinajstić information content (AvgIpc) is 2.92. The molecular weight excluding hydrogens is 275 g/mol. The zero-order chi connectivity index (χ0) is 15.0. The van der Waals surface area contributed by atoms with Gasteiger partial charge in [-0.25, -0.2) is 4.39 Å². The van der Waals surface area contributed by atoms with Crippen molar-refractivity contribution in [3.8, 4) is 0 Å². The average molecular weight is 294 g/mol. The molecule has 0 aromatic carbocycles. The number of hydrogen-bond donors (Lipinski definition) is 1. The summed E-state index contributed by atoms with van der Waals surface area (Å²) in [6.07, 6.45) is 3.25. The van der Waals surface area contributed by atoms with E-state index in [1.54, 1.807) is 17.9 Å². The molecule has 1 fully saturated rings. The summed E-state index contributed by atoms with van der Waals surface area (Å²) in [6.45, 7) is 0.682. The van der Waals surface area contributed by atoms with E-state index in [2.05, 4.69) is 10.4 Å². The second-order valence-electron chi connectivity index (χ2n) is 5.80. The lowest BCUT2D eigenvalue weighted by atomic mass is 9.80. The highest BCUT2D eigenvalue weighted by molar-refractivity contribution is 5.86. The number of fused-ring (bicyclic) bond motifs is 1. The summed E-state index contributed by atoms with van der Waals surface area (Å²) in [4.78, 5) is 25.5. The lowest BCUT2D eigenvalue weighted by Crippen LogP contribution is -2.53. The van der Waals surface area contributed by atoms with Crippen molar-refractivity contribution in [1.82, 2.24) is 20.0 Å². The van der Waals surface area contributed by atoms with Crippen LogP contribution in [0.4, 0.5) is 4.39 Å². The SMILES string of the molecule is CNC(=O)C[C@H]1CN(C(=O)C2(F)CCC2)Cc2ccnn21. The second-order valence-corrected chi connectivity index (χ2v) is 5.80. The van der Waals surface area contributed by atoms with Gasteiger partial charge in [0.2, 0.25) is 5.91 Å². The fraction of sp³-hybridized carbons (Fsp3) is 0.643. The van der Waals surface area contributed by atoms with Gasteiger partial charge in [0.05, 0.1) is 24.7 Å². The number of amides is 2. The molecule has 7 heteroatoms. The van der Waals surface area contributed by atoms with Crippen LogP contribution in [0.5, 0.6) is 0 Å². The number of aromatic nitrogens is 2. The van der Waals surface area contributed by atoms with Crippen molar-refractivity contribution in [2.45, 2.75) is 43.9 Å². The Labute approximate surface area is 122 Å². The fourth-order valence-electron chi connectivity index (χ4n) is 2.99. The number of nitrogens with one attached hydrogen (secondary N) is 1. The van der Waals surface area contributed by atoms with Crippen molar-refractivity contribution >= 4 is 11.8 Å². The first-order chi connectivity index (χ1) is 10.0. The summed E-state index contributed by atoms with van der Waals surface area (Å²) in [5, 5.41) is 6.79. The Morgan fingerprint density at radius 1 is 1.52 bits per heavy atom. The lowest BCUT2D eigenvalue weighted by molar-refractivity contribution is -0.152. The third kappa shape index (κ3) is 2.41. The van der Waals surface area contributed by atoms with Gasteiger partial charge in [-0.1, -0.05) is 0 Å². The summed E-state index contributed by atoms with van der Waals surface area (Å²) >= 11 is 0. The maximum atomic E-state index is 14.3. The molecule has 3 rings (SSSR count). The Kier molecular flexibility index (Phi) is 3.43. The molecule has 1 aromatic heterocycles. The van der Waals surface area contributed by atoms with Crippen LogP contribution < -0.4 is 5.32 Å². The number of rotatable bonds is 3. The van der Waals surface area contributed by atoms with E-state index >= 15 is 0 Å². The Balaban J connectivity index is 1.80. The van der Waals surface area contributed by atoms with Gasteiger partial charge in [-0.05, 0) is 25.3 Å². The fourth-order valence-corrected chi connectivity index (χ4v) is 2.99.